The minimum absolute atomic E-state index is 0.0817. The second kappa shape index (κ2) is 8.02. The molecule has 0 aliphatic carbocycles. The molecule has 2 aromatic carbocycles. The molecule has 2 aromatic heterocycles. The average molecular weight is 386 g/mol. The molecule has 0 N–H and O–H groups in total. The second-order valence-electron chi connectivity index (χ2n) is 6.42. The van der Waals surface area contributed by atoms with Gasteiger partial charge in [0.25, 0.3) is 0 Å². The molecule has 144 valence electrons. The second-order valence-corrected chi connectivity index (χ2v) is 6.42. The summed E-state index contributed by atoms with van der Waals surface area (Å²) in [4.78, 5) is 25.5. The van der Waals surface area contributed by atoms with Gasteiger partial charge in [-0.2, -0.15) is 0 Å². The van der Waals surface area contributed by atoms with Gasteiger partial charge in [-0.25, -0.2) is 4.79 Å². The minimum Gasteiger partial charge on any atom is -0.461 e. The van der Waals surface area contributed by atoms with Crippen molar-refractivity contribution in [1.29, 1.82) is 0 Å². The summed E-state index contributed by atoms with van der Waals surface area (Å²) in [5, 5.41) is 0.356. The van der Waals surface area contributed by atoms with Gasteiger partial charge in [-0.05, 0) is 47.9 Å². The Morgan fingerprint density at radius 3 is 2.62 bits per heavy atom. The highest BCUT2D eigenvalue weighted by atomic mass is 16.5. The maximum Gasteiger partial charge on any atom is 0.336 e. The molecule has 0 atom stereocenters. The molecular formula is C24H18O5. The molecule has 0 aliphatic heterocycles. The molecule has 5 heteroatoms. The molecule has 0 bridgehead atoms. The number of ether oxygens (including phenoxy) is 1. The Balaban J connectivity index is 1.77. The molecule has 0 fully saturated rings. The number of benzene rings is 2. The smallest absolute Gasteiger partial charge is 0.336 e. The lowest BCUT2D eigenvalue weighted by atomic mass is 10.1. The maximum absolute atomic E-state index is 13.1. The highest BCUT2D eigenvalue weighted by molar-refractivity contribution is 5.90. The third kappa shape index (κ3) is 3.89. The first-order valence-electron chi connectivity index (χ1n) is 9.24. The number of hydrogen-bond acceptors (Lipinski definition) is 5. The molecule has 0 radical (unpaired) electrons. The van der Waals surface area contributed by atoms with Crippen LogP contribution in [0.2, 0.25) is 0 Å². The van der Waals surface area contributed by atoms with E-state index in [1.807, 2.05) is 43.3 Å². The molecule has 0 unspecified atom stereocenters. The van der Waals surface area contributed by atoms with Crippen LogP contribution < -0.4 is 10.2 Å². The summed E-state index contributed by atoms with van der Waals surface area (Å²) in [5.41, 5.74) is 1.80. The molecule has 5 nitrogen and oxygen atoms in total. The zero-order valence-corrected chi connectivity index (χ0v) is 15.8. The van der Waals surface area contributed by atoms with Crippen molar-refractivity contribution in [2.45, 2.75) is 13.3 Å². The van der Waals surface area contributed by atoms with E-state index in [1.165, 1.54) is 12.3 Å². The van der Waals surface area contributed by atoms with Crippen LogP contribution in [0.5, 0.6) is 5.75 Å². The number of carbonyl (C=O) groups excluding carboxylic acids is 1. The van der Waals surface area contributed by atoms with Gasteiger partial charge in [-0.3, -0.25) is 4.79 Å². The first-order chi connectivity index (χ1) is 14.2. The number of esters is 1. The number of aryl methyl sites for hydroxylation is 1. The lowest BCUT2D eigenvalue weighted by Crippen LogP contribution is -2.14. The third-order valence-electron chi connectivity index (χ3n) is 4.48. The molecule has 29 heavy (non-hydrogen) atoms. The molecule has 0 saturated heterocycles. The van der Waals surface area contributed by atoms with Gasteiger partial charge in [-0.1, -0.05) is 43.3 Å². The molecule has 4 rings (SSSR count). The van der Waals surface area contributed by atoms with Crippen LogP contribution in [0.3, 0.4) is 0 Å². The van der Waals surface area contributed by atoms with E-state index in [1.54, 1.807) is 30.3 Å². The standard InChI is InChI=1S/C24H18O5/c1-2-16-10-12-19-18(15-16)22(26)24(23(28-19)20-9-6-14-27-20)29-21(25)13-11-17-7-4-3-5-8-17/h3-15H,2H2,1H3. The summed E-state index contributed by atoms with van der Waals surface area (Å²) in [5.74, 6) is -0.486. The number of furan rings is 1. The zero-order valence-electron chi connectivity index (χ0n) is 15.8. The Labute approximate surface area is 166 Å². The Kier molecular flexibility index (Phi) is 5.12. The van der Waals surface area contributed by atoms with E-state index in [-0.39, 0.29) is 11.5 Å². The van der Waals surface area contributed by atoms with Crippen LogP contribution in [0.4, 0.5) is 0 Å². The van der Waals surface area contributed by atoms with Crippen LogP contribution in [-0.2, 0) is 11.2 Å². The van der Waals surface area contributed by atoms with Crippen molar-refractivity contribution in [2.24, 2.45) is 0 Å². The Hall–Kier alpha value is -3.86. The van der Waals surface area contributed by atoms with Gasteiger partial charge in [0.15, 0.2) is 5.76 Å². The van der Waals surface area contributed by atoms with Gasteiger partial charge in [0, 0.05) is 6.08 Å². The van der Waals surface area contributed by atoms with Crippen LogP contribution >= 0.6 is 0 Å². The highest BCUT2D eigenvalue weighted by Gasteiger charge is 2.21. The van der Waals surface area contributed by atoms with Gasteiger partial charge in [0.2, 0.25) is 16.9 Å². The number of hydrogen-bond donors (Lipinski definition) is 0. The largest absolute Gasteiger partial charge is 0.461 e. The quantitative estimate of drug-likeness (QED) is 0.347. The molecule has 0 spiro atoms. The predicted molar refractivity (Wildman–Crippen MR) is 111 cm³/mol. The van der Waals surface area contributed by atoms with Crippen molar-refractivity contribution in [3.8, 4) is 17.3 Å². The van der Waals surface area contributed by atoms with Crippen molar-refractivity contribution in [1.82, 2.24) is 0 Å². The summed E-state index contributed by atoms with van der Waals surface area (Å²) in [6.45, 7) is 2.00. The maximum atomic E-state index is 13.1. The number of fused-ring (bicyclic) bond motifs is 1. The van der Waals surface area contributed by atoms with Gasteiger partial charge >= 0.3 is 5.97 Å². The first-order valence-corrected chi connectivity index (χ1v) is 9.24. The lowest BCUT2D eigenvalue weighted by molar-refractivity contribution is -0.129. The molecule has 0 aliphatic rings. The monoisotopic (exact) mass is 386 g/mol. The van der Waals surface area contributed by atoms with E-state index < -0.39 is 11.4 Å². The SMILES string of the molecule is CCc1ccc2oc(-c3ccco3)c(OC(=O)C=Cc3ccccc3)c(=O)c2c1. The summed E-state index contributed by atoms with van der Waals surface area (Å²) in [6.07, 6.45) is 5.12. The normalized spacial score (nSPS) is 11.2. The van der Waals surface area contributed by atoms with Crippen LogP contribution in [0.1, 0.15) is 18.1 Å². The fourth-order valence-corrected chi connectivity index (χ4v) is 2.97. The first kappa shape index (κ1) is 18.5. The Bertz CT molecular complexity index is 1230. The highest BCUT2D eigenvalue weighted by Crippen LogP contribution is 2.31. The minimum atomic E-state index is -0.681. The van der Waals surface area contributed by atoms with Gasteiger partial charge < -0.3 is 13.6 Å². The van der Waals surface area contributed by atoms with Crippen molar-refractivity contribution >= 4 is 23.0 Å². The van der Waals surface area contributed by atoms with Crippen LogP contribution in [0.15, 0.2) is 86.6 Å². The van der Waals surface area contributed by atoms with Gasteiger partial charge in [0.05, 0.1) is 11.6 Å². The van der Waals surface area contributed by atoms with Gasteiger partial charge in [-0.15, -0.1) is 0 Å². The van der Waals surface area contributed by atoms with Crippen molar-refractivity contribution < 1.29 is 18.4 Å². The molecule has 0 saturated carbocycles. The zero-order chi connectivity index (χ0) is 20.2. The Morgan fingerprint density at radius 2 is 1.90 bits per heavy atom. The summed E-state index contributed by atoms with van der Waals surface area (Å²) < 4.78 is 16.7. The van der Waals surface area contributed by atoms with Crippen molar-refractivity contribution in [3.63, 3.8) is 0 Å². The van der Waals surface area contributed by atoms with E-state index in [0.29, 0.717) is 16.7 Å². The van der Waals surface area contributed by atoms with Crippen LogP contribution in [-0.4, -0.2) is 5.97 Å². The van der Waals surface area contributed by atoms with Crippen molar-refractivity contribution in [2.75, 3.05) is 0 Å². The van der Waals surface area contributed by atoms with E-state index in [2.05, 4.69) is 0 Å². The van der Waals surface area contributed by atoms with E-state index in [4.69, 9.17) is 13.6 Å². The summed E-state index contributed by atoms with van der Waals surface area (Å²) in [6, 6.07) is 18.0. The lowest BCUT2D eigenvalue weighted by Gasteiger charge is -2.08. The van der Waals surface area contributed by atoms with Crippen LogP contribution in [0, 0.1) is 0 Å². The average Bonchev–Trinajstić information content (AvgIpc) is 3.29. The topological polar surface area (TPSA) is 69.7 Å². The fraction of sp³-hybridized carbons (Fsp3) is 0.0833. The van der Waals surface area contributed by atoms with E-state index in [0.717, 1.165) is 17.5 Å². The molecular weight excluding hydrogens is 368 g/mol. The summed E-state index contributed by atoms with van der Waals surface area (Å²) in [7, 11) is 0. The number of rotatable bonds is 5. The van der Waals surface area contributed by atoms with Gasteiger partial charge in [0.1, 0.15) is 5.58 Å². The summed E-state index contributed by atoms with van der Waals surface area (Å²) >= 11 is 0. The Morgan fingerprint density at radius 1 is 1.07 bits per heavy atom. The number of carbonyl (C=O) groups is 1. The molecule has 2 heterocycles. The molecule has 0 amide bonds. The third-order valence-corrected chi connectivity index (χ3v) is 4.48. The molecule has 4 aromatic rings. The van der Waals surface area contributed by atoms with E-state index >= 15 is 0 Å². The fourth-order valence-electron chi connectivity index (χ4n) is 2.97. The van der Waals surface area contributed by atoms with Crippen LogP contribution in [0.25, 0.3) is 28.6 Å². The van der Waals surface area contributed by atoms with E-state index in [9.17, 15) is 9.59 Å². The predicted octanol–water partition coefficient (Wildman–Crippen LogP) is 5.23. The van der Waals surface area contributed by atoms with Crippen molar-refractivity contribution in [3.05, 3.63) is 94.4 Å².